The molecule has 0 aliphatic heterocycles. The predicted molar refractivity (Wildman–Crippen MR) is 87.8 cm³/mol. The summed E-state index contributed by atoms with van der Waals surface area (Å²) in [6.45, 7) is 3.60. The van der Waals surface area contributed by atoms with Gasteiger partial charge in [-0.1, -0.05) is 0 Å². The van der Waals surface area contributed by atoms with Crippen LogP contribution >= 0.6 is 31.9 Å². The molecule has 8 heteroatoms. The van der Waals surface area contributed by atoms with E-state index in [-0.39, 0.29) is 0 Å². The number of aryl methyl sites for hydroxylation is 1. The van der Waals surface area contributed by atoms with Gasteiger partial charge in [-0.2, -0.15) is 4.98 Å². The maximum atomic E-state index is 5.86. The van der Waals surface area contributed by atoms with E-state index in [1.165, 1.54) is 0 Å². The molecule has 0 fully saturated rings. The van der Waals surface area contributed by atoms with Gasteiger partial charge in [0, 0.05) is 0 Å². The van der Waals surface area contributed by atoms with Crippen LogP contribution in [-0.2, 0) is 0 Å². The Labute approximate surface area is 139 Å². The lowest BCUT2D eigenvalue weighted by atomic mass is 10.3. The number of nitrogens with zero attached hydrogens (tertiary/aromatic N) is 2. The summed E-state index contributed by atoms with van der Waals surface area (Å²) < 4.78 is 12.6. The van der Waals surface area contributed by atoms with E-state index in [0.29, 0.717) is 29.0 Å². The van der Waals surface area contributed by atoms with Gasteiger partial charge < -0.3 is 14.9 Å². The second kappa shape index (κ2) is 6.59. The lowest BCUT2D eigenvalue weighted by Crippen LogP contribution is -2.12. The molecule has 112 valence electrons. The number of aromatic nitrogens is 2. The van der Waals surface area contributed by atoms with E-state index in [4.69, 9.17) is 15.3 Å². The number of ether oxygens (including phenoxy) is 2. The van der Waals surface area contributed by atoms with Gasteiger partial charge in [0.15, 0.2) is 0 Å². The smallest absolute Gasteiger partial charge is 0.227 e. The molecule has 6 nitrogen and oxygen atoms in total. The third kappa shape index (κ3) is 3.45. The molecule has 21 heavy (non-hydrogen) atoms. The highest BCUT2D eigenvalue weighted by atomic mass is 79.9. The van der Waals surface area contributed by atoms with E-state index in [2.05, 4.69) is 47.3 Å². The van der Waals surface area contributed by atoms with E-state index in [0.717, 1.165) is 14.5 Å². The average molecular weight is 418 g/mol. The molecule has 0 radical (unpaired) electrons. The highest BCUT2D eigenvalue weighted by Gasteiger charge is 2.14. The Bertz CT molecular complexity index is 680. The fourth-order valence-corrected chi connectivity index (χ4v) is 2.58. The molecule has 1 aromatic carbocycles. The molecule has 2 rings (SSSR count). The van der Waals surface area contributed by atoms with Gasteiger partial charge >= 0.3 is 0 Å². The molecular weight excluding hydrogens is 404 g/mol. The minimum atomic E-state index is 0.438. The Morgan fingerprint density at radius 3 is 2.33 bits per heavy atom. The second-order valence-corrected chi connectivity index (χ2v) is 5.92. The molecule has 1 aromatic heterocycles. The van der Waals surface area contributed by atoms with E-state index in [9.17, 15) is 0 Å². The van der Waals surface area contributed by atoms with Crippen molar-refractivity contribution in [3.63, 3.8) is 0 Å². The molecule has 0 atom stereocenters. The Morgan fingerprint density at radius 2 is 1.71 bits per heavy atom. The number of halogens is 2. The molecule has 0 bridgehead atoms. The van der Waals surface area contributed by atoms with Crippen LogP contribution in [0.3, 0.4) is 0 Å². The maximum absolute atomic E-state index is 5.86. The van der Waals surface area contributed by atoms with Gasteiger partial charge in [0.05, 0.1) is 21.6 Å². The quantitative estimate of drug-likeness (QED) is 0.582. The van der Waals surface area contributed by atoms with Crippen molar-refractivity contribution in [1.29, 1.82) is 0 Å². The molecule has 0 unspecified atom stereocenters. The zero-order valence-corrected chi connectivity index (χ0v) is 14.9. The van der Waals surface area contributed by atoms with Crippen LogP contribution in [0.2, 0.25) is 0 Å². The van der Waals surface area contributed by atoms with Crippen molar-refractivity contribution < 1.29 is 9.47 Å². The largest absolute Gasteiger partial charge is 0.496 e. The highest BCUT2D eigenvalue weighted by Crippen LogP contribution is 2.38. The molecule has 1 heterocycles. The number of benzene rings is 1. The molecule has 0 saturated heterocycles. The lowest BCUT2D eigenvalue weighted by molar-refractivity contribution is 0.408. The fraction of sp³-hybridized carbons (Fsp3) is 0.231. The summed E-state index contributed by atoms with van der Waals surface area (Å²) in [4.78, 5) is 8.49. The van der Waals surface area contributed by atoms with E-state index in [1.807, 2.05) is 13.0 Å². The summed E-state index contributed by atoms with van der Waals surface area (Å²) in [5.74, 6) is 8.28. The highest BCUT2D eigenvalue weighted by molar-refractivity contribution is 9.11. The molecule has 0 aliphatic rings. The summed E-state index contributed by atoms with van der Waals surface area (Å²) in [5, 5.41) is 0. The lowest BCUT2D eigenvalue weighted by Gasteiger charge is -2.13. The number of methoxy groups -OCH3 is 1. The Hall–Kier alpha value is -1.38. The number of nitrogens with two attached hydrogens (primary N) is 1. The average Bonchev–Trinajstić information content (AvgIpc) is 2.45. The normalized spacial score (nSPS) is 10.4. The van der Waals surface area contributed by atoms with Crippen molar-refractivity contribution in [1.82, 2.24) is 9.97 Å². The summed E-state index contributed by atoms with van der Waals surface area (Å²) in [7, 11) is 1.60. The van der Waals surface area contributed by atoms with Gasteiger partial charge in [-0.3, -0.25) is 0 Å². The third-order valence-corrected chi connectivity index (χ3v) is 4.00. The summed E-state index contributed by atoms with van der Waals surface area (Å²) in [6.07, 6.45) is 0. The van der Waals surface area contributed by atoms with Crippen LogP contribution in [0.5, 0.6) is 17.4 Å². The number of hydrogen-bond donors (Lipinski definition) is 2. The van der Waals surface area contributed by atoms with Crippen molar-refractivity contribution in [2.24, 2.45) is 5.84 Å². The van der Waals surface area contributed by atoms with Crippen LogP contribution in [0.15, 0.2) is 21.1 Å². The first-order valence-corrected chi connectivity index (χ1v) is 7.57. The number of nitrogens with one attached hydrogen (secondary N) is 1. The van der Waals surface area contributed by atoms with Gasteiger partial charge in [0.25, 0.3) is 0 Å². The Balaban J connectivity index is 2.43. The SMILES string of the molecule is COc1cc(Br)c(Oc2nc(C)nc(NN)c2C)cc1Br. The van der Waals surface area contributed by atoms with Crippen molar-refractivity contribution >= 4 is 37.7 Å². The molecule has 0 amide bonds. The maximum Gasteiger partial charge on any atom is 0.227 e. The predicted octanol–water partition coefficient (Wildman–Crippen LogP) is 3.70. The van der Waals surface area contributed by atoms with Crippen LogP contribution in [0.1, 0.15) is 11.4 Å². The molecule has 2 aromatic rings. The molecule has 3 N–H and O–H groups in total. The first-order chi connectivity index (χ1) is 9.96. The Kier molecular flexibility index (Phi) is 5.02. The third-order valence-electron chi connectivity index (χ3n) is 2.76. The summed E-state index contributed by atoms with van der Waals surface area (Å²) >= 11 is 6.87. The standard InChI is InChI=1S/C13H14Br2N4O2/c1-6-12(19-16)17-7(2)18-13(6)21-11-5-8(14)10(20-3)4-9(11)15/h4-5H,16H2,1-3H3,(H,17,18,19). The second-order valence-electron chi connectivity index (χ2n) is 4.21. The minimum Gasteiger partial charge on any atom is -0.496 e. The van der Waals surface area contributed by atoms with Gasteiger partial charge in [-0.05, 0) is 57.8 Å². The monoisotopic (exact) mass is 416 g/mol. The van der Waals surface area contributed by atoms with Gasteiger partial charge in [-0.15, -0.1) is 0 Å². The van der Waals surface area contributed by atoms with Gasteiger partial charge in [-0.25, -0.2) is 10.8 Å². The zero-order valence-electron chi connectivity index (χ0n) is 11.7. The zero-order chi connectivity index (χ0) is 15.6. The molecule has 0 aliphatic carbocycles. The summed E-state index contributed by atoms with van der Waals surface area (Å²) in [6, 6.07) is 3.61. The van der Waals surface area contributed by atoms with Gasteiger partial charge in [0.2, 0.25) is 5.88 Å². The topological polar surface area (TPSA) is 82.3 Å². The first-order valence-electron chi connectivity index (χ1n) is 5.99. The van der Waals surface area contributed by atoms with Crippen molar-refractivity contribution in [3.05, 3.63) is 32.5 Å². The van der Waals surface area contributed by atoms with Crippen LogP contribution in [0.25, 0.3) is 0 Å². The molecule has 0 saturated carbocycles. The van der Waals surface area contributed by atoms with Crippen LogP contribution in [0.4, 0.5) is 5.82 Å². The van der Waals surface area contributed by atoms with Crippen LogP contribution in [0, 0.1) is 13.8 Å². The molecular formula is C13H14Br2N4O2. The number of hydrogen-bond acceptors (Lipinski definition) is 6. The Morgan fingerprint density at radius 1 is 1.10 bits per heavy atom. The van der Waals surface area contributed by atoms with E-state index in [1.54, 1.807) is 20.1 Å². The minimum absolute atomic E-state index is 0.438. The van der Waals surface area contributed by atoms with Crippen LogP contribution in [-0.4, -0.2) is 17.1 Å². The fourth-order valence-electron chi connectivity index (χ4n) is 1.69. The van der Waals surface area contributed by atoms with Crippen molar-refractivity contribution in [2.45, 2.75) is 13.8 Å². The molecule has 0 spiro atoms. The van der Waals surface area contributed by atoms with Crippen molar-refractivity contribution in [3.8, 4) is 17.4 Å². The van der Waals surface area contributed by atoms with E-state index >= 15 is 0 Å². The number of rotatable bonds is 4. The van der Waals surface area contributed by atoms with Gasteiger partial charge in [0.1, 0.15) is 23.1 Å². The van der Waals surface area contributed by atoms with E-state index < -0.39 is 0 Å². The van der Waals surface area contributed by atoms with Crippen LogP contribution < -0.4 is 20.7 Å². The number of anilines is 1. The summed E-state index contributed by atoms with van der Waals surface area (Å²) in [5.41, 5.74) is 3.26. The number of hydrazine groups is 1. The first kappa shape index (κ1) is 16.0. The number of nitrogen functional groups attached to an aromatic ring is 1. The van der Waals surface area contributed by atoms with Crippen molar-refractivity contribution in [2.75, 3.05) is 12.5 Å².